The Hall–Kier alpha value is -2.98. The molecule has 142 valence electrons. The average Bonchev–Trinajstić information content (AvgIpc) is 2.94. The summed E-state index contributed by atoms with van der Waals surface area (Å²) in [7, 11) is 1.74. The van der Waals surface area contributed by atoms with E-state index in [-0.39, 0.29) is 17.7 Å². The smallest absolute Gasteiger partial charge is 0.353 e. The summed E-state index contributed by atoms with van der Waals surface area (Å²) in [4.78, 5) is 15.8. The lowest BCUT2D eigenvalue weighted by molar-refractivity contribution is -0.141. The van der Waals surface area contributed by atoms with E-state index >= 15 is 0 Å². The second kappa shape index (κ2) is 6.03. The largest absolute Gasteiger partial charge is 0.433 e. The number of fused-ring (bicyclic) bond motifs is 1. The number of hydrogen-bond donors (Lipinski definition) is 0. The van der Waals surface area contributed by atoms with Crippen LogP contribution in [0.2, 0.25) is 0 Å². The molecule has 0 bridgehead atoms. The molecule has 3 aromatic heterocycles. The van der Waals surface area contributed by atoms with E-state index in [9.17, 15) is 13.2 Å². The Balaban J connectivity index is 1.53. The van der Waals surface area contributed by atoms with Crippen molar-refractivity contribution in [2.45, 2.75) is 26.1 Å². The van der Waals surface area contributed by atoms with Crippen molar-refractivity contribution >= 4 is 17.3 Å². The molecule has 1 fully saturated rings. The van der Waals surface area contributed by atoms with Crippen LogP contribution in [0.15, 0.2) is 18.5 Å². The van der Waals surface area contributed by atoms with Gasteiger partial charge in [-0.05, 0) is 13.8 Å². The number of alkyl halides is 3. The number of nitrogens with zero attached hydrogens (tertiary/aromatic N) is 8. The van der Waals surface area contributed by atoms with E-state index in [4.69, 9.17) is 0 Å². The molecule has 0 aromatic carbocycles. The molecule has 0 amide bonds. The van der Waals surface area contributed by atoms with Gasteiger partial charge in [0.2, 0.25) is 5.65 Å². The Morgan fingerprint density at radius 3 is 2.59 bits per heavy atom. The minimum atomic E-state index is -4.50. The van der Waals surface area contributed by atoms with Gasteiger partial charge in [-0.1, -0.05) is 0 Å². The normalized spacial score (nSPS) is 15.3. The predicted molar refractivity (Wildman–Crippen MR) is 91.7 cm³/mol. The molecule has 1 aliphatic rings. The molecule has 0 radical (unpaired) electrons. The number of anilines is 2. The number of halogens is 3. The number of aromatic nitrogens is 6. The van der Waals surface area contributed by atoms with E-state index in [2.05, 4.69) is 25.1 Å². The summed E-state index contributed by atoms with van der Waals surface area (Å²) in [5.41, 5.74) is -0.272. The van der Waals surface area contributed by atoms with Crippen LogP contribution in [-0.2, 0) is 6.18 Å². The Labute approximate surface area is 152 Å². The van der Waals surface area contributed by atoms with E-state index < -0.39 is 11.9 Å². The van der Waals surface area contributed by atoms with Crippen LogP contribution in [0.4, 0.5) is 24.8 Å². The molecule has 1 aliphatic heterocycles. The summed E-state index contributed by atoms with van der Waals surface area (Å²) in [6.07, 6.45) is -1.03. The van der Waals surface area contributed by atoms with Gasteiger partial charge in [0.15, 0.2) is 5.82 Å². The summed E-state index contributed by atoms with van der Waals surface area (Å²) < 4.78 is 40.9. The standard InChI is InChI=1S/C16H17F3N8/c1-9-21-12(16(17,18)19)6-13(22-9)25(3)11-7-26(8-11)14-15-24-23-10(2)27(15)5-4-20-14/h4-6,11H,7-8H2,1-3H3. The predicted octanol–water partition coefficient (Wildman–Crippen LogP) is 1.87. The van der Waals surface area contributed by atoms with Crippen molar-refractivity contribution < 1.29 is 13.2 Å². The van der Waals surface area contributed by atoms with Gasteiger partial charge in [0.05, 0.1) is 6.04 Å². The van der Waals surface area contributed by atoms with Gasteiger partial charge in [0.25, 0.3) is 0 Å². The fraction of sp³-hybridized carbons (Fsp3) is 0.438. The van der Waals surface area contributed by atoms with Crippen molar-refractivity contribution in [2.75, 3.05) is 29.9 Å². The Bertz CT molecular complexity index is 993. The first kappa shape index (κ1) is 17.4. The van der Waals surface area contributed by atoms with Gasteiger partial charge in [-0.25, -0.2) is 15.0 Å². The van der Waals surface area contributed by atoms with Gasteiger partial charge in [-0.2, -0.15) is 13.2 Å². The van der Waals surface area contributed by atoms with Crippen molar-refractivity contribution in [1.82, 2.24) is 29.5 Å². The Kier molecular flexibility index (Phi) is 3.89. The van der Waals surface area contributed by atoms with Gasteiger partial charge in [-0.15, -0.1) is 10.2 Å². The maximum atomic E-state index is 13.0. The molecule has 3 aromatic rings. The molecule has 0 atom stereocenters. The third-order valence-corrected chi connectivity index (χ3v) is 4.66. The van der Waals surface area contributed by atoms with Crippen molar-refractivity contribution in [3.8, 4) is 0 Å². The van der Waals surface area contributed by atoms with Crippen molar-refractivity contribution in [3.05, 3.63) is 35.8 Å². The van der Waals surface area contributed by atoms with E-state index in [0.29, 0.717) is 24.6 Å². The third kappa shape index (κ3) is 3.02. The first-order valence-electron chi connectivity index (χ1n) is 8.31. The SMILES string of the molecule is Cc1nc(N(C)C2CN(c3nccn4c(C)nnc34)C2)cc(C(F)(F)F)n1. The molecule has 1 saturated heterocycles. The van der Waals surface area contributed by atoms with Crippen LogP contribution in [0.25, 0.3) is 5.65 Å². The van der Waals surface area contributed by atoms with Crippen LogP contribution in [0.3, 0.4) is 0 Å². The summed E-state index contributed by atoms with van der Waals surface area (Å²) >= 11 is 0. The van der Waals surface area contributed by atoms with Crippen molar-refractivity contribution in [2.24, 2.45) is 0 Å². The first-order chi connectivity index (χ1) is 12.7. The molecular weight excluding hydrogens is 361 g/mol. The highest BCUT2D eigenvalue weighted by Gasteiger charge is 2.36. The average molecular weight is 378 g/mol. The van der Waals surface area contributed by atoms with Crippen LogP contribution in [0.1, 0.15) is 17.3 Å². The highest BCUT2D eigenvalue weighted by Crippen LogP contribution is 2.31. The van der Waals surface area contributed by atoms with E-state index in [0.717, 1.165) is 11.9 Å². The lowest BCUT2D eigenvalue weighted by atomic mass is 10.1. The minimum absolute atomic E-state index is 0.00598. The van der Waals surface area contributed by atoms with E-state index in [1.54, 1.807) is 24.3 Å². The molecular formula is C16H17F3N8. The molecule has 4 rings (SSSR count). The summed E-state index contributed by atoms with van der Waals surface area (Å²) in [5.74, 6) is 1.81. The van der Waals surface area contributed by atoms with Gasteiger partial charge in [0, 0.05) is 38.6 Å². The molecule has 0 saturated carbocycles. The van der Waals surface area contributed by atoms with Gasteiger partial charge < -0.3 is 9.80 Å². The number of hydrogen-bond acceptors (Lipinski definition) is 7. The maximum absolute atomic E-state index is 13.0. The first-order valence-corrected chi connectivity index (χ1v) is 8.31. The molecule has 0 N–H and O–H groups in total. The highest BCUT2D eigenvalue weighted by atomic mass is 19.4. The van der Waals surface area contributed by atoms with Gasteiger partial charge in [0.1, 0.15) is 23.2 Å². The van der Waals surface area contributed by atoms with Crippen LogP contribution >= 0.6 is 0 Å². The van der Waals surface area contributed by atoms with Gasteiger partial charge in [-0.3, -0.25) is 4.40 Å². The summed E-state index contributed by atoms with van der Waals surface area (Å²) in [5, 5.41) is 8.20. The highest BCUT2D eigenvalue weighted by molar-refractivity contribution is 5.66. The molecule has 8 nitrogen and oxygen atoms in total. The molecule has 0 aliphatic carbocycles. The zero-order chi connectivity index (χ0) is 19.3. The molecule has 11 heteroatoms. The van der Waals surface area contributed by atoms with E-state index in [1.165, 1.54) is 6.92 Å². The Morgan fingerprint density at radius 1 is 1.15 bits per heavy atom. The van der Waals surface area contributed by atoms with E-state index in [1.807, 2.05) is 16.2 Å². The van der Waals surface area contributed by atoms with Crippen LogP contribution < -0.4 is 9.80 Å². The fourth-order valence-electron chi connectivity index (χ4n) is 3.09. The minimum Gasteiger partial charge on any atom is -0.353 e. The second-order valence-electron chi connectivity index (χ2n) is 6.52. The maximum Gasteiger partial charge on any atom is 0.433 e. The quantitative estimate of drug-likeness (QED) is 0.689. The molecule has 4 heterocycles. The lowest BCUT2D eigenvalue weighted by Gasteiger charge is -2.45. The van der Waals surface area contributed by atoms with Crippen LogP contribution in [-0.4, -0.2) is 55.7 Å². The Morgan fingerprint density at radius 2 is 1.89 bits per heavy atom. The van der Waals surface area contributed by atoms with Crippen LogP contribution in [0, 0.1) is 13.8 Å². The zero-order valence-corrected chi connectivity index (χ0v) is 14.9. The van der Waals surface area contributed by atoms with Gasteiger partial charge >= 0.3 is 6.18 Å². The van der Waals surface area contributed by atoms with Crippen molar-refractivity contribution in [3.63, 3.8) is 0 Å². The monoisotopic (exact) mass is 378 g/mol. The lowest BCUT2D eigenvalue weighted by Crippen LogP contribution is -2.59. The zero-order valence-electron chi connectivity index (χ0n) is 14.9. The topological polar surface area (TPSA) is 75.3 Å². The third-order valence-electron chi connectivity index (χ3n) is 4.66. The molecule has 0 unspecified atom stereocenters. The van der Waals surface area contributed by atoms with Crippen molar-refractivity contribution in [1.29, 1.82) is 0 Å². The summed E-state index contributed by atoms with van der Waals surface area (Å²) in [6.45, 7) is 4.50. The molecule has 27 heavy (non-hydrogen) atoms. The van der Waals surface area contributed by atoms with Crippen LogP contribution in [0.5, 0.6) is 0 Å². The number of aryl methyl sites for hydroxylation is 2. The second-order valence-corrected chi connectivity index (χ2v) is 6.52. The fourth-order valence-corrected chi connectivity index (χ4v) is 3.09. The number of rotatable bonds is 3. The molecule has 0 spiro atoms. The number of likely N-dealkylation sites (N-methyl/N-ethyl adjacent to an activating group) is 1. The summed E-state index contributed by atoms with van der Waals surface area (Å²) in [6, 6.07) is 0.989.